The molecule has 2 aromatic rings. The smallest absolute Gasteiger partial charge is 0.228 e. The predicted molar refractivity (Wildman–Crippen MR) is 111 cm³/mol. The van der Waals surface area contributed by atoms with Gasteiger partial charge >= 0.3 is 0 Å². The number of fused-ring (bicyclic) bond motifs is 1. The van der Waals surface area contributed by atoms with Gasteiger partial charge in [0.2, 0.25) is 5.91 Å². The molecule has 0 saturated heterocycles. The number of benzene rings is 2. The second kappa shape index (κ2) is 7.41. The summed E-state index contributed by atoms with van der Waals surface area (Å²) < 4.78 is 30.7. The second-order valence-electron chi connectivity index (χ2n) is 8.22. The van der Waals surface area contributed by atoms with E-state index in [1.807, 2.05) is 6.07 Å². The number of hydrogen-bond acceptors (Lipinski definition) is 4. The van der Waals surface area contributed by atoms with Crippen LogP contribution in [0.3, 0.4) is 0 Å². The first-order valence-electron chi connectivity index (χ1n) is 9.02. The Morgan fingerprint density at radius 2 is 1.93 bits per heavy atom. The van der Waals surface area contributed by atoms with Crippen molar-refractivity contribution in [1.82, 2.24) is 0 Å². The van der Waals surface area contributed by atoms with E-state index >= 15 is 0 Å². The van der Waals surface area contributed by atoms with Crippen LogP contribution in [-0.2, 0) is 27.5 Å². The highest BCUT2D eigenvalue weighted by Gasteiger charge is 2.36. The molecule has 5 nitrogen and oxygen atoms in total. The maximum atomic E-state index is 12.5. The van der Waals surface area contributed by atoms with Crippen LogP contribution in [0, 0.1) is 5.41 Å². The van der Waals surface area contributed by atoms with Crippen molar-refractivity contribution in [2.75, 3.05) is 11.6 Å². The molecule has 0 fully saturated rings. The van der Waals surface area contributed by atoms with Crippen molar-refractivity contribution in [1.29, 1.82) is 0 Å². The van der Waals surface area contributed by atoms with Crippen LogP contribution in [0.1, 0.15) is 31.9 Å². The van der Waals surface area contributed by atoms with Gasteiger partial charge in [-0.25, -0.2) is 8.42 Å². The van der Waals surface area contributed by atoms with E-state index in [4.69, 9.17) is 16.3 Å². The maximum absolute atomic E-state index is 12.5. The number of rotatable bonds is 4. The van der Waals surface area contributed by atoms with Crippen LogP contribution in [0.25, 0.3) is 0 Å². The van der Waals surface area contributed by atoms with Gasteiger partial charge in [-0.2, -0.15) is 0 Å². The van der Waals surface area contributed by atoms with Gasteiger partial charge in [-0.15, -0.1) is 0 Å². The summed E-state index contributed by atoms with van der Waals surface area (Å²) in [6, 6.07) is 10.3. The molecule has 28 heavy (non-hydrogen) atoms. The molecule has 0 radical (unpaired) electrons. The molecule has 1 atom stereocenters. The Morgan fingerprint density at radius 3 is 2.54 bits per heavy atom. The van der Waals surface area contributed by atoms with Crippen molar-refractivity contribution in [3.8, 4) is 5.75 Å². The molecule has 1 aliphatic heterocycles. The van der Waals surface area contributed by atoms with Crippen molar-refractivity contribution in [2.24, 2.45) is 5.41 Å². The number of carbonyl (C=O) groups is 1. The summed E-state index contributed by atoms with van der Waals surface area (Å²) in [6.45, 7) is 6.15. The summed E-state index contributed by atoms with van der Waals surface area (Å²) in [5, 5.41) is 3.29. The lowest BCUT2D eigenvalue weighted by Gasteiger charge is -2.25. The highest BCUT2D eigenvalue weighted by molar-refractivity contribution is 7.90. The topological polar surface area (TPSA) is 72.5 Å². The van der Waals surface area contributed by atoms with Crippen molar-refractivity contribution >= 4 is 33.0 Å². The lowest BCUT2D eigenvalue weighted by Crippen LogP contribution is -2.30. The molecular weight excluding hydrogens is 398 g/mol. The molecule has 1 aliphatic rings. The fourth-order valence-corrected chi connectivity index (χ4v) is 4.39. The van der Waals surface area contributed by atoms with Crippen LogP contribution in [0.15, 0.2) is 41.3 Å². The van der Waals surface area contributed by atoms with E-state index in [9.17, 15) is 13.2 Å². The van der Waals surface area contributed by atoms with Gasteiger partial charge < -0.3 is 10.1 Å². The minimum absolute atomic E-state index is 0.0937. The first-order valence-corrected chi connectivity index (χ1v) is 11.3. The van der Waals surface area contributed by atoms with Crippen molar-refractivity contribution in [2.45, 2.75) is 44.6 Å². The number of amides is 1. The quantitative estimate of drug-likeness (QED) is 0.799. The molecule has 0 spiro atoms. The van der Waals surface area contributed by atoms with E-state index in [0.29, 0.717) is 34.0 Å². The Labute approximate surface area is 171 Å². The van der Waals surface area contributed by atoms with Crippen molar-refractivity contribution < 1.29 is 17.9 Å². The molecule has 3 rings (SSSR count). The molecule has 0 bridgehead atoms. The summed E-state index contributed by atoms with van der Waals surface area (Å²) in [5.74, 6) is 0.230. The first kappa shape index (κ1) is 20.7. The number of nitrogens with one attached hydrogen (secondary N) is 1. The number of halogens is 1. The number of anilines is 1. The second-order valence-corrected chi connectivity index (χ2v) is 10.6. The monoisotopic (exact) mass is 421 g/mol. The highest BCUT2D eigenvalue weighted by Crippen LogP contribution is 2.41. The third-order valence-corrected chi connectivity index (χ3v) is 6.32. The maximum Gasteiger partial charge on any atom is 0.228 e. The molecule has 0 aromatic heterocycles. The first-order chi connectivity index (χ1) is 12.9. The molecular formula is C21H24ClNO4S. The van der Waals surface area contributed by atoms with Crippen LogP contribution in [0.5, 0.6) is 5.75 Å². The SMILES string of the molecule is CC(C)(C)C1Cc2c(cc(NC(=O)Cc3ccccc3Cl)cc2S(C)(=O)=O)O1. The van der Waals surface area contributed by atoms with Gasteiger partial charge in [-0.1, -0.05) is 50.6 Å². The van der Waals surface area contributed by atoms with Crippen LogP contribution < -0.4 is 10.1 Å². The van der Waals surface area contributed by atoms with E-state index in [0.717, 1.165) is 0 Å². The molecule has 1 N–H and O–H groups in total. The molecule has 150 valence electrons. The van der Waals surface area contributed by atoms with Gasteiger partial charge in [0, 0.05) is 35.0 Å². The minimum atomic E-state index is -3.47. The van der Waals surface area contributed by atoms with Gasteiger partial charge in [0.05, 0.1) is 11.3 Å². The van der Waals surface area contributed by atoms with E-state index in [2.05, 4.69) is 26.1 Å². The van der Waals surface area contributed by atoms with Crippen molar-refractivity contribution in [3.05, 3.63) is 52.5 Å². The number of ether oxygens (including phenoxy) is 1. The van der Waals surface area contributed by atoms with E-state index < -0.39 is 9.84 Å². The summed E-state index contributed by atoms with van der Waals surface area (Å²) in [4.78, 5) is 12.7. The average Bonchev–Trinajstić information content (AvgIpc) is 2.99. The van der Waals surface area contributed by atoms with Gasteiger partial charge in [-0.3, -0.25) is 4.79 Å². The highest BCUT2D eigenvalue weighted by atomic mass is 35.5. The average molecular weight is 422 g/mol. The van der Waals surface area contributed by atoms with Crippen LogP contribution in [-0.4, -0.2) is 26.7 Å². The Bertz CT molecular complexity index is 1030. The molecule has 1 unspecified atom stereocenters. The minimum Gasteiger partial charge on any atom is -0.489 e. The van der Waals surface area contributed by atoms with E-state index in [-0.39, 0.29) is 28.7 Å². The van der Waals surface area contributed by atoms with E-state index in [1.54, 1.807) is 24.3 Å². The van der Waals surface area contributed by atoms with Gasteiger partial charge in [0.1, 0.15) is 11.9 Å². The Balaban J connectivity index is 1.89. The third kappa shape index (κ3) is 4.50. The fourth-order valence-electron chi connectivity index (χ4n) is 3.21. The third-order valence-electron chi connectivity index (χ3n) is 4.78. The number of carbonyl (C=O) groups excluding carboxylic acids is 1. The molecule has 2 aromatic carbocycles. The summed E-state index contributed by atoms with van der Waals surface area (Å²) in [5.41, 5.74) is 1.63. The van der Waals surface area contributed by atoms with Crippen LogP contribution >= 0.6 is 11.6 Å². The van der Waals surface area contributed by atoms with Gasteiger partial charge in [-0.05, 0) is 23.1 Å². The lowest BCUT2D eigenvalue weighted by molar-refractivity contribution is -0.115. The van der Waals surface area contributed by atoms with E-state index in [1.165, 1.54) is 12.3 Å². The zero-order valence-electron chi connectivity index (χ0n) is 16.4. The molecule has 1 amide bonds. The molecule has 1 heterocycles. The van der Waals surface area contributed by atoms with Gasteiger partial charge in [0.25, 0.3) is 0 Å². The summed E-state index contributed by atoms with van der Waals surface area (Å²) >= 11 is 6.11. The lowest BCUT2D eigenvalue weighted by atomic mass is 9.86. The largest absolute Gasteiger partial charge is 0.489 e. The van der Waals surface area contributed by atoms with Crippen LogP contribution in [0.4, 0.5) is 5.69 Å². The Morgan fingerprint density at radius 1 is 1.25 bits per heavy atom. The molecule has 0 aliphatic carbocycles. The van der Waals surface area contributed by atoms with Crippen LogP contribution in [0.2, 0.25) is 5.02 Å². The summed E-state index contributed by atoms with van der Waals surface area (Å²) in [7, 11) is -3.47. The Hall–Kier alpha value is -2.05. The number of hydrogen-bond donors (Lipinski definition) is 1. The predicted octanol–water partition coefficient (Wildman–Crippen LogP) is 4.27. The molecule has 7 heteroatoms. The van der Waals surface area contributed by atoms with Crippen molar-refractivity contribution in [3.63, 3.8) is 0 Å². The van der Waals surface area contributed by atoms with Gasteiger partial charge in [0.15, 0.2) is 9.84 Å². The Kier molecular flexibility index (Phi) is 5.47. The summed E-state index contributed by atoms with van der Waals surface area (Å²) in [6.07, 6.45) is 1.66. The fraction of sp³-hybridized carbons (Fsp3) is 0.381. The normalized spacial score (nSPS) is 16.4. The zero-order chi connectivity index (χ0) is 20.7. The standard InChI is InChI=1S/C21H24ClNO4S/c1-21(2,3)19-12-15-17(27-19)10-14(11-18(15)28(4,25)26)23-20(24)9-13-7-5-6-8-16(13)22/h5-8,10-11,19H,9,12H2,1-4H3,(H,23,24). The molecule has 0 saturated carbocycles. The number of sulfone groups is 1. The zero-order valence-corrected chi connectivity index (χ0v) is 17.9.